The van der Waals surface area contributed by atoms with Crippen LogP contribution >= 0.6 is 0 Å². The molecule has 2 aromatic heterocycles. The summed E-state index contributed by atoms with van der Waals surface area (Å²) in [6.07, 6.45) is 3.94. The van der Waals surface area contributed by atoms with Crippen LogP contribution in [-0.2, 0) is 17.9 Å². The van der Waals surface area contributed by atoms with E-state index in [1.807, 2.05) is 0 Å². The third kappa shape index (κ3) is 4.22. The molecule has 0 aliphatic carbocycles. The van der Waals surface area contributed by atoms with Gasteiger partial charge in [-0.3, -0.25) is 0 Å². The Morgan fingerprint density at radius 1 is 1.07 bits per heavy atom. The van der Waals surface area contributed by atoms with E-state index in [1.165, 1.54) is 36.7 Å². The predicted molar refractivity (Wildman–Crippen MR) is 98.6 cm³/mol. The lowest BCUT2D eigenvalue weighted by Gasteiger charge is -2.19. The van der Waals surface area contributed by atoms with Crippen LogP contribution in [0.3, 0.4) is 0 Å². The molecular weight excluding hydrogens is 385 g/mol. The highest BCUT2D eigenvalue weighted by atomic mass is 19.1. The Morgan fingerprint density at radius 2 is 1.86 bits per heavy atom. The van der Waals surface area contributed by atoms with Crippen LogP contribution in [0.2, 0.25) is 0 Å². The van der Waals surface area contributed by atoms with Crippen LogP contribution in [0.1, 0.15) is 17.2 Å². The molecule has 1 atom stereocenters. The third-order valence-electron chi connectivity index (χ3n) is 4.45. The van der Waals surface area contributed by atoms with Crippen LogP contribution in [0.25, 0.3) is 11.0 Å². The molecule has 0 radical (unpaired) electrons. The molecule has 0 fully saturated rings. The molecule has 2 aromatic carbocycles. The van der Waals surface area contributed by atoms with E-state index in [9.17, 15) is 18.0 Å². The second kappa shape index (κ2) is 7.92. The average Bonchev–Trinajstić information content (AvgIpc) is 3.19. The lowest BCUT2D eigenvalue weighted by atomic mass is 10.1. The quantitative estimate of drug-likeness (QED) is 0.451. The van der Waals surface area contributed by atoms with E-state index in [0.717, 1.165) is 12.1 Å². The van der Waals surface area contributed by atoms with Gasteiger partial charge in [-0.1, -0.05) is 6.07 Å². The number of benzene rings is 2. The van der Waals surface area contributed by atoms with Gasteiger partial charge in [-0.2, -0.15) is 0 Å². The lowest BCUT2D eigenvalue weighted by Crippen LogP contribution is -2.16. The topological polar surface area (TPSA) is 57.3 Å². The molecule has 0 bridgehead atoms. The highest BCUT2D eigenvalue weighted by Crippen LogP contribution is 2.25. The van der Waals surface area contributed by atoms with E-state index in [2.05, 4.69) is 4.98 Å². The maximum Gasteiger partial charge on any atom is 0.341 e. The van der Waals surface area contributed by atoms with Gasteiger partial charge in [0.2, 0.25) is 0 Å². The fourth-order valence-corrected chi connectivity index (χ4v) is 3.02. The van der Waals surface area contributed by atoms with E-state index in [4.69, 9.17) is 9.15 Å². The number of halogens is 3. The summed E-state index contributed by atoms with van der Waals surface area (Å²) in [5.41, 5.74) is -0.0951. The van der Waals surface area contributed by atoms with Crippen molar-refractivity contribution < 1.29 is 22.3 Å². The zero-order valence-electron chi connectivity index (χ0n) is 15.0. The van der Waals surface area contributed by atoms with E-state index >= 15 is 0 Å². The molecule has 4 aromatic rings. The predicted octanol–water partition coefficient (Wildman–Crippen LogP) is 4.36. The molecule has 0 aliphatic rings. The first-order chi connectivity index (χ1) is 14.0. The molecule has 0 amide bonds. The zero-order chi connectivity index (χ0) is 20.4. The normalized spacial score (nSPS) is 12.4. The summed E-state index contributed by atoms with van der Waals surface area (Å²) >= 11 is 0. The second-order valence-corrected chi connectivity index (χ2v) is 6.47. The fourth-order valence-electron chi connectivity index (χ4n) is 3.02. The molecule has 4 rings (SSSR count). The molecule has 1 unspecified atom stereocenters. The van der Waals surface area contributed by atoms with Crippen molar-refractivity contribution in [3.63, 3.8) is 0 Å². The van der Waals surface area contributed by atoms with Crippen molar-refractivity contribution in [3.8, 4) is 0 Å². The largest absolute Gasteiger partial charge is 0.422 e. The number of fused-ring (bicyclic) bond motifs is 1. The first-order valence-electron chi connectivity index (χ1n) is 8.74. The van der Waals surface area contributed by atoms with Crippen LogP contribution in [0.4, 0.5) is 13.2 Å². The summed E-state index contributed by atoms with van der Waals surface area (Å²) in [7, 11) is 0. The lowest BCUT2D eigenvalue weighted by molar-refractivity contribution is 0.0244. The number of imidazole rings is 1. The Hall–Kier alpha value is -3.39. The van der Waals surface area contributed by atoms with Gasteiger partial charge < -0.3 is 13.7 Å². The van der Waals surface area contributed by atoms with Crippen molar-refractivity contribution in [2.45, 2.75) is 19.3 Å². The van der Waals surface area contributed by atoms with Crippen LogP contribution in [0.15, 0.2) is 70.4 Å². The van der Waals surface area contributed by atoms with Crippen molar-refractivity contribution in [1.29, 1.82) is 0 Å². The Kier molecular flexibility index (Phi) is 5.18. The van der Waals surface area contributed by atoms with Crippen molar-refractivity contribution >= 4 is 11.0 Å². The molecular formula is C21H15F3N2O3. The summed E-state index contributed by atoms with van der Waals surface area (Å²) in [4.78, 5) is 16.1. The molecule has 0 aliphatic heterocycles. The SMILES string of the molecule is O=c1oc2ccc(F)cc2cc1COC(Cn1ccnc1)c1ccc(F)cc1F. The van der Waals surface area contributed by atoms with Crippen molar-refractivity contribution in [2.75, 3.05) is 0 Å². The summed E-state index contributed by atoms with van der Waals surface area (Å²) in [6.45, 7) is -0.0128. The van der Waals surface area contributed by atoms with Crippen LogP contribution in [0, 0.1) is 17.5 Å². The highest BCUT2D eigenvalue weighted by molar-refractivity contribution is 5.76. The summed E-state index contributed by atoms with van der Waals surface area (Å²) in [6, 6.07) is 8.48. The van der Waals surface area contributed by atoms with Gasteiger partial charge in [-0.25, -0.2) is 22.9 Å². The zero-order valence-corrected chi connectivity index (χ0v) is 15.0. The van der Waals surface area contributed by atoms with Gasteiger partial charge in [0, 0.05) is 29.4 Å². The molecule has 8 heteroatoms. The maximum atomic E-state index is 14.3. The molecule has 0 N–H and O–H groups in total. The number of aromatic nitrogens is 2. The van der Waals surface area contributed by atoms with Gasteiger partial charge in [0.05, 0.1) is 25.0 Å². The minimum Gasteiger partial charge on any atom is -0.422 e. The van der Waals surface area contributed by atoms with Crippen LogP contribution in [-0.4, -0.2) is 9.55 Å². The number of rotatable bonds is 6. The third-order valence-corrected chi connectivity index (χ3v) is 4.45. The van der Waals surface area contributed by atoms with Gasteiger partial charge in [0.1, 0.15) is 29.1 Å². The Bertz CT molecular complexity index is 1210. The van der Waals surface area contributed by atoms with E-state index < -0.39 is 29.2 Å². The maximum absolute atomic E-state index is 14.3. The molecule has 5 nitrogen and oxygen atoms in total. The number of ether oxygens (including phenoxy) is 1. The summed E-state index contributed by atoms with van der Waals surface area (Å²) in [5.74, 6) is -1.93. The monoisotopic (exact) mass is 400 g/mol. The Morgan fingerprint density at radius 3 is 2.62 bits per heavy atom. The van der Waals surface area contributed by atoms with Gasteiger partial charge >= 0.3 is 5.63 Å². The smallest absolute Gasteiger partial charge is 0.341 e. The minimum absolute atomic E-state index is 0.135. The Labute approximate surface area is 163 Å². The van der Waals surface area contributed by atoms with Crippen molar-refractivity contribution in [2.24, 2.45) is 0 Å². The number of nitrogens with zero attached hydrogens (tertiary/aromatic N) is 2. The molecule has 2 heterocycles. The van der Waals surface area contributed by atoms with Gasteiger partial charge in [0.15, 0.2) is 0 Å². The molecule has 29 heavy (non-hydrogen) atoms. The van der Waals surface area contributed by atoms with Crippen LogP contribution < -0.4 is 5.63 Å². The average molecular weight is 400 g/mol. The molecule has 0 spiro atoms. The number of hydrogen-bond acceptors (Lipinski definition) is 4. The fraction of sp³-hybridized carbons (Fsp3) is 0.143. The Balaban J connectivity index is 1.63. The minimum atomic E-state index is -0.826. The standard InChI is InChI=1S/C21H15F3N2O3/c22-15-2-4-19-13(8-15)7-14(21(27)29-19)11-28-20(10-26-6-5-25-12-26)17-3-1-16(23)9-18(17)24/h1-9,12,20H,10-11H2. The molecule has 148 valence electrons. The second-order valence-electron chi connectivity index (χ2n) is 6.47. The first kappa shape index (κ1) is 18.9. The van der Waals surface area contributed by atoms with Crippen molar-refractivity contribution in [1.82, 2.24) is 9.55 Å². The van der Waals surface area contributed by atoms with E-state index in [1.54, 1.807) is 17.0 Å². The highest BCUT2D eigenvalue weighted by Gasteiger charge is 2.19. The summed E-state index contributed by atoms with van der Waals surface area (Å²) in [5, 5.41) is 0.405. The molecule has 0 saturated carbocycles. The van der Waals surface area contributed by atoms with E-state index in [0.29, 0.717) is 5.39 Å². The van der Waals surface area contributed by atoms with Gasteiger partial charge in [0.25, 0.3) is 0 Å². The van der Waals surface area contributed by atoms with Gasteiger partial charge in [-0.05, 0) is 30.3 Å². The van der Waals surface area contributed by atoms with Gasteiger partial charge in [-0.15, -0.1) is 0 Å². The molecule has 0 saturated heterocycles. The number of hydrogen-bond donors (Lipinski definition) is 0. The van der Waals surface area contributed by atoms with Crippen LogP contribution in [0.5, 0.6) is 0 Å². The van der Waals surface area contributed by atoms with E-state index in [-0.39, 0.29) is 29.9 Å². The first-order valence-corrected chi connectivity index (χ1v) is 8.74. The summed E-state index contributed by atoms with van der Waals surface area (Å²) < 4.78 is 53.7. The van der Waals surface area contributed by atoms with Crippen molar-refractivity contribution in [3.05, 3.63) is 100 Å².